The lowest BCUT2D eigenvalue weighted by Gasteiger charge is -2.32. The second kappa shape index (κ2) is 5.48. The van der Waals surface area contributed by atoms with Crippen LogP contribution < -0.4 is 4.90 Å². The predicted molar refractivity (Wildman–Crippen MR) is 88.5 cm³/mol. The molecule has 5 rings (SSSR count). The van der Waals surface area contributed by atoms with Crippen molar-refractivity contribution in [1.29, 1.82) is 0 Å². The van der Waals surface area contributed by atoms with Crippen molar-refractivity contribution in [3.05, 3.63) is 71.7 Å². The zero-order valence-electron chi connectivity index (χ0n) is 13.6. The van der Waals surface area contributed by atoms with E-state index in [2.05, 4.69) is 15.0 Å². The first kappa shape index (κ1) is 15.2. The molecule has 132 valence electrons. The summed E-state index contributed by atoms with van der Waals surface area (Å²) in [5.74, 6) is -3.85. The van der Waals surface area contributed by atoms with Crippen LogP contribution in [-0.4, -0.2) is 26.0 Å². The van der Waals surface area contributed by atoms with E-state index >= 15 is 0 Å². The maximum Gasteiger partial charge on any atom is 0.194 e. The Morgan fingerprint density at radius 1 is 1.08 bits per heavy atom. The molecule has 2 aliphatic rings. The quantitative estimate of drug-likeness (QED) is 0.657. The molecular formula is C18H14F3N5. The van der Waals surface area contributed by atoms with Crippen LogP contribution in [0, 0.1) is 17.5 Å². The van der Waals surface area contributed by atoms with Gasteiger partial charge in [-0.2, -0.15) is 5.10 Å². The Hall–Kier alpha value is -3.03. The average Bonchev–Trinajstić information content (AvgIpc) is 3.33. The fraction of sp³-hybridized carbons (Fsp3) is 0.222. The molecular weight excluding hydrogens is 343 g/mol. The lowest BCUT2D eigenvalue weighted by Crippen LogP contribution is -2.31. The number of benzene rings is 1. The molecule has 0 bridgehead atoms. The van der Waals surface area contributed by atoms with Crippen LogP contribution in [0.3, 0.4) is 0 Å². The number of halogens is 3. The van der Waals surface area contributed by atoms with Crippen LogP contribution in [0.1, 0.15) is 24.6 Å². The maximum atomic E-state index is 13.8. The van der Waals surface area contributed by atoms with E-state index < -0.39 is 17.5 Å². The molecule has 1 atom stereocenters. The highest BCUT2D eigenvalue weighted by Crippen LogP contribution is 2.43. The molecule has 1 aromatic carbocycles. The summed E-state index contributed by atoms with van der Waals surface area (Å²) in [4.78, 5) is 8.10. The van der Waals surface area contributed by atoms with E-state index in [1.807, 2.05) is 24.5 Å². The minimum absolute atomic E-state index is 0.270. The molecule has 0 N–H and O–H groups in total. The van der Waals surface area contributed by atoms with Crippen molar-refractivity contribution in [2.75, 3.05) is 11.4 Å². The van der Waals surface area contributed by atoms with Gasteiger partial charge in [0.2, 0.25) is 0 Å². The molecule has 5 nitrogen and oxygen atoms in total. The lowest BCUT2D eigenvalue weighted by atomic mass is 10.1. The van der Waals surface area contributed by atoms with E-state index in [-0.39, 0.29) is 11.9 Å². The normalized spacial score (nSPS) is 19.3. The van der Waals surface area contributed by atoms with Gasteiger partial charge in [0.25, 0.3) is 0 Å². The summed E-state index contributed by atoms with van der Waals surface area (Å²) in [6, 6.07) is 5.82. The number of hydrogen-bond acceptors (Lipinski definition) is 4. The van der Waals surface area contributed by atoms with Crippen molar-refractivity contribution in [3.8, 4) is 0 Å². The maximum absolute atomic E-state index is 13.8. The third kappa shape index (κ3) is 2.18. The second-order valence-corrected chi connectivity index (χ2v) is 6.45. The Balaban J connectivity index is 1.63. The standard InChI is InChI=1S/C18H14F3N5/c19-14-6-13(7-15(20)17(14)21)25-9-12-2-1-5-24(12)18(25)11-3-4-16-22-10-23-26(16)8-11/h3-4,6-10,18H,1-2,5H2. The number of rotatable bonds is 2. The van der Waals surface area contributed by atoms with E-state index in [9.17, 15) is 13.2 Å². The Bertz CT molecular complexity index is 1020. The van der Waals surface area contributed by atoms with Crippen LogP contribution in [0.25, 0.3) is 5.65 Å². The predicted octanol–water partition coefficient (Wildman–Crippen LogP) is 3.60. The largest absolute Gasteiger partial charge is 0.349 e. The van der Waals surface area contributed by atoms with E-state index in [1.54, 1.807) is 9.42 Å². The molecule has 0 radical (unpaired) electrons. The fourth-order valence-electron chi connectivity index (χ4n) is 3.75. The first-order chi connectivity index (χ1) is 12.6. The van der Waals surface area contributed by atoms with Gasteiger partial charge >= 0.3 is 0 Å². The molecule has 0 amide bonds. The molecule has 8 heteroatoms. The number of fused-ring (bicyclic) bond motifs is 2. The van der Waals surface area contributed by atoms with Gasteiger partial charge in [0.15, 0.2) is 23.1 Å². The Morgan fingerprint density at radius 2 is 1.88 bits per heavy atom. The third-order valence-corrected chi connectivity index (χ3v) is 4.91. The van der Waals surface area contributed by atoms with Crippen molar-refractivity contribution in [2.45, 2.75) is 19.0 Å². The summed E-state index contributed by atoms with van der Waals surface area (Å²) in [7, 11) is 0. The van der Waals surface area contributed by atoms with Crippen LogP contribution in [0.5, 0.6) is 0 Å². The molecule has 0 saturated carbocycles. The highest BCUT2D eigenvalue weighted by Gasteiger charge is 2.37. The number of aromatic nitrogens is 3. The first-order valence-corrected chi connectivity index (χ1v) is 8.31. The molecule has 1 saturated heterocycles. The molecule has 0 aliphatic carbocycles. The molecule has 0 spiro atoms. The van der Waals surface area contributed by atoms with Crippen molar-refractivity contribution >= 4 is 11.3 Å². The van der Waals surface area contributed by atoms with Crippen LogP contribution in [-0.2, 0) is 0 Å². The monoisotopic (exact) mass is 357 g/mol. The van der Waals surface area contributed by atoms with Gasteiger partial charge in [-0.15, -0.1) is 0 Å². The Morgan fingerprint density at radius 3 is 2.69 bits per heavy atom. The van der Waals surface area contributed by atoms with Crippen molar-refractivity contribution in [1.82, 2.24) is 19.5 Å². The lowest BCUT2D eigenvalue weighted by molar-refractivity contribution is 0.317. The summed E-state index contributed by atoms with van der Waals surface area (Å²) in [6.45, 7) is 0.842. The minimum atomic E-state index is -1.46. The molecule has 2 aromatic heterocycles. The fourth-order valence-corrected chi connectivity index (χ4v) is 3.75. The molecule has 4 heterocycles. The van der Waals surface area contributed by atoms with E-state index in [0.717, 1.165) is 42.8 Å². The van der Waals surface area contributed by atoms with Gasteiger partial charge in [0.1, 0.15) is 12.5 Å². The smallest absolute Gasteiger partial charge is 0.194 e. The van der Waals surface area contributed by atoms with Gasteiger partial charge in [-0.3, -0.25) is 0 Å². The van der Waals surface area contributed by atoms with E-state index in [4.69, 9.17) is 0 Å². The van der Waals surface area contributed by atoms with Crippen LogP contribution in [0.4, 0.5) is 18.9 Å². The summed E-state index contributed by atoms with van der Waals surface area (Å²) in [5, 5.41) is 4.16. The molecule has 1 fully saturated rings. The average molecular weight is 357 g/mol. The van der Waals surface area contributed by atoms with Gasteiger partial charge in [-0.25, -0.2) is 22.7 Å². The van der Waals surface area contributed by atoms with Crippen LogP contribution in [0.2, 0.25) is 0 Å². The second-order valence-electron chi connectivity index (χ2n) is 6.45. The third-order valence-electron chi connectivity index (χ3n) is 4.91. The van der Waals surface area contributed by atoms with Crippen molar-refractivity contribution in [2.24, 2.45) is 0 Å². The van der Waals surface area contributed by atoms with Crippen LogP contribution in [0.15, 0.2) is 48.7 Å². The topological polar surface area (TPSA) is 36.7 Å². The zero-order valence-corrected chi connectivity index (χ0v) is 13.6. The zero-order chi connectivity index (χ0) is 17.8. The number of allylic oxidation sites excluding steroid dienone is 1. The minimum Gasteiger partial charge on any atom is -0.349 e. The van der Waals surface area contributed by atoms with E-state index in [0.29, 0.717) is 5.65 Å². The van der Waals surface area contributed by atoms with Gasteiger partial charge in [-0.05, 0) is 25.0 Å². The molecule has 1 unspecified atom stereocenters. The number of nitrogens with zero attached hydrogens (tertiary/aromatic N) is 5. The van der Waals surface area contributed by atoms with Gasteiger partial charge in [0.05, 0.1) is 0 Å². The summed E-state index contributed by atoms with van der Waals surface area (Å²) in [5.41, 5.74) is 2.99. The van der Waals surface area contributed by atoms with Gasteiger partial charge in [-0.1, -0.05) is 0 Å². The van der Waals surface area contributed by atoms with Gasteiger partial charge < -0.3 is 9.80 Å². The number of hydrogen-bond donors (Lipinski definition) is 0. The summed E-state index contributed by atoms with van der Waals surface area (Å²) >= 11 is 0. The molecule has 3 aromatic rings. The van der Waals surface area contributed by atoms with Crippen molar-refractivity contribution in [3.63, 3.8) is 0 Å². The number of anilines is 1. The Labute approximate surface area is 147 Å². The highest BCUT2D eigenvalue weighted by molar-refractivity contribution is 5.56. The summed E-state index contributed by atoms with van der Waals surface area (Å²) < 4.78 is 42.6. The van der Waals surface area contributed by atoms with Crippen molar-refractivity contribution < 1.29 is 13.2 Å². The molecule has 2 aliphatic heterocycles. The highest BCUT2D eigenvalue weighted by atomic mass is 19.2. The molecule has 26 heavy (non-hydrogen) atoms. The summed E-state index contributed by atoms with van der Waals surface area (Å²) in [6.07, 6.45) is 6.85. The Kier molecular flexibility index (Phi) is 3.22. The van der Waals surface area contributed by atoms with Crippen LogP contribution >= 0.6 is 0 Å². The SMILES string of the molecule is Fc1cc(N2C=C3CCCN3C2c2ccc3ncnn3c2)cc(F)c1F. The van der Waals surface area contributed by atoms with Gasteiger partial charge in [0, 0.05) is 48.0 Å². The first-order valence-electron chi connectivity index (χ1n) is 8.31. The van der Waals surface area contributed by atoms with E-state index in [1.165, 1.54) is 6.33 Å². The number of pyridine rings is 1.